The maximum atomic E-state index is 13.5. The molecular weight excluding hydrogens is 338 g/mol. The molecule has 5 rings (SSSR count). The van der Waals surface area contributed by atoms with Gasteiger partial charge in [-0.15, -0.1) is 10.2 Å². The first-order valence-electron chi connectivity index (χ1n) is 9.46. The van der Waals surface area contributed by atoms with Gasteiger partial charge in [-0.1, -0.05) is 24.3 Å². The largest absolute Gasteiger partial charge is 0.347 e. The SMILES string of the molecule is CCn1cc(C(=O)N2CCCC2c2nnc3ccccn23)c2ccccc21. The van der Waals surface area contributed by atoms with E-state index < -0.39 is 0 Å². The van der Waals surface area contributed by atoms with Crippen LogP contribution in [0.1, 0.15) is 42.0 Å². The van der Waals surface area contributed by atoms with Crippen LogP contribution in [0, 0.1) is 0 Å². The van der Waals surface area contributed by atoms with E-state index in [1.165, 1.54) is 0 Å². The van der Waals surface area contributed by atoms with E-state index >= 15 is 0 Å². The van der Waals surface area contributed by atoms with Crippen LogP contribution in [-0.4, -0.2) is 36.5 Å². The lowest BCUT2D eigenvalue weighted by atomic mass is 10.1. The molecule has 1 atom stereocenters. The molecule has 136 valence electrons. The van der Waals surface area contributed by atoms with E-state index in [0.29, 0.717) is 0 Å². The Labute approximate surface area is 157 Å². The van der Waals surface area contributed by atoms with Crippen molar-refractivity contribution in [2.75, 3.05) is 6.54 Å². The number of carbonyl (C=O) groups excluding carboxylic acids is 1. The molecule has 6 heteroatoms. The van der Waals surface area contributed by atoms with Crippen molar-refractivity contribution >= 4 is 22.5 Å². The molecule has 4 heterocycles. The first kappa shape index (κ1) is 16.1. The number of hydrogen-bond donors (Lipinski definition) is 0. The molecule has 1 amide bonds. The number of benzene rings is 1. The predicted octanol–water partition coefficient (Wildman–Crippen LogP) is 3.68. The minimum absolute atomic E-state index is 0.0429. The molecule has 1 aliphatic heterocycles. The fraction of sp³-hybridized carbons (Fsp3) is 0.286. The van der Waals surface area contributed by atoms with Gasteiger partial charge in [-0.3, -0.25) is 9.20 Å². The molecule has 1 fully saturated rings. The standard InChI is InChI=1S/C21H21N5O/c1-2-24-14-16(15-8-3-4-9-17(15)24)21(27)25-13-7-10-18(25)20-23-22-19-11-5-6-12-26(19)20/h3-6,8-9,11-12,14,18H,2,7,10,13H2,1H3. The van der Waals surface area contributed by atoms with Crippen LogP contribution in [0.5, 0.6) is 0 Å². The number of likely N-dealkylation sites (tertiary alicyclic amines) is 1. The molecule has 1 unspecified atom stereocenters. The Kier molecular flexibility index (Phi) is 3.70. The number of pyridine rings is 1. The molecule has 6 nitrogen and oxygen atoms in total. The zero-order valence-corrected chi connectivity index (χ0v) is 15.2. The molecule has 4 aromatic rings. The third kappa shape index (κ3) is 2.44. The molecule has 0 saturated carbocycles. The van der Waals surface area contributed by atoms with Crippen LogP contribution in [0.3, 0.4) is 0 Å². The number of nitrogens with zero attached hydrogens (tertiary/aromatic N) is 5. The van der Waals surface area contributed by atoms with Crippen molar-refractivity contribution in [2.45, 2.75) is 32.4 Å². The Hall–Kier alpha value is -3.15. The molecule has 0 bridgehead atoms. The van der Waals surface area contributed by atoms with Crippen molar-refractivity contribution in [1.82, 2.24) is 24.1 Å². The fourth-order valence-electron chi connectivity index (χ4n) is 4.20. The van der Waals surface area contributed by atoms with E-state index in [0.717, 1.165) is 53.9 Å². The van der Waals surface area contributed by atoms with E-state index in [9.17, 15) is 4.79 Å². The molecule has 0 aliphatic carbocycles. The molecule has 0 N–H and O–H groups in total. The molecule has 1 aromatic carbocycles. The maximum Gasteiger partial charge on any atom is 0.256 e. The Bertz CT molecular complexity index is 1140. The Balaban J connectivity index is 1.57. The van der Waals surface area contributed by atoms with E-state index in [1.54, 1.807) is 0 Å². The minimum atomic E-state index is -0.0429. The summed E-state index contributed by atoms with van der Waals surface area (Å²) in [6.45, 7) is 3.69. The average Bonchev–Trinajstić information content (AvgIpc) is 3.43. The molecule has 1 saturated heterocycles. The quantitative estimate of drug-likeness (QED) is 0.561. The van der Waals surface area contributed by atoms with Crippen LogP contribution in [0.25, 0.3) is 16.6 Å². The summed E-state index contributed by atoms with van der Waals surface area (Å²) in [6.07, 6.45) is 5.84. The lowest BCUT2D eigenvalue weighted by Gasteiger charge is -2.23. The van der Waals surface area contributed by atoms with Gasteiger partial charge in [-0.2, -0.15) is 0 Å². The summed E-state index contributed by atoms with van der Waals surface area (Å²) >= 11 is 0. The maximum absolute atomic E-state index is 13.5. The van der Waals surface area contributed by atoms with Crippen LogP contribution in [0.4, 0.5) is 0 Å². The third-order valence-electron chi connectivity index (χ3n) is 5.51. The highest BCUT2D eigenvalue weighted by Gasteiger charge is 2.34. The number of aromatic nitrogens is 4. The smallest absolute Gasteiger partial charge is 0.256 e. The van der Waals surface area contributed by atoms with Gasteiger partial charge < -0.3 is 9.47 Å². The number of carbonyl (C=O) groups is 1. The van der Waals surface area contributed by atoms with Crippen molar-refractivity contribution in [2.24, 2.45) is 0 Å². The first-order valence-corrected chi connectivity index (χ1v) is 9.46. The van der Waals surface area contributed by atoms with Crippen LogP contribution in [0.2, 0.25) is 0 Å². The second-order valence-corrected chi connectivity index (χ2v) is 6.99. The second-order valence-electron chi connectivity index (χ2n) is 6.99. The normalized spacial score (nSPS) is 17.2. The summed E-state index contributed by atoms with van der Waals surface area (Å²) in [5.41, 5.74) is 2.69. The Morgan fingerprint density at radius 1 is 1.15 bits per heavy atom. The van der Waals surface area contributed by atoms with Gasteiger partial charge in [-0.05, 0) is 38.0 Å². The average molecular weight is 359 g/mol. The van der Waals surface area contributed by atoms with Crippen molar-refractivity contribution in [3.8, 4) is 0 Å². The monoisotopic (exact) mass is 359 g/mol. The summed E-state index contributed by atoms with van der Waals surface area (Å²) in [4.78, 5) is 15.5. The van der Waals surface area contributed by atoms with Crippen LogP contribution in [0.15, 0.2) is 54.9 Å². The Morgan fingerprint density at radius 2 is 2.00 bits per heavy atom. The van der Waals surface area contributed by atoms with E-state index in [2.05, 4.69) is 27.8 Å². The van der Waals surface area contributed by atoms with Gasteiger partial charge in [0.15, 0.2) is 11.5 Å². The summed E-state index contributed by atoms with van der Waals surface area (Å²) in [5.74, 6) is 0.921. The van der Waals surface area contributed by atoms with Crippen molar-refractivity contribution in [3.63, 3.8) is 0 Å². The van der Waals surface area contributed by atoms with Crippen molar-refractivity contribution < 1.29 is 4.79 Å². The number of rotatable bonds is 3. The molecule has 0 radical (unpaired) electrons. The lowest BCUT2D eigenvalue weighted by Crippen LogP contribution is -2.31. The van der Waals surface area contributed by atoms with Crippen LogP contribution < -0.4 is 0 Å². The number of amides is 1. The van der Waals surface area contributed by atoms with Gasteiger partial charge in [0.1, 0.15) is 0 Å². The Morgan fingerprint density at radius 3 is 2.89 bits per heavy atom. The zero-order valence-electron chi connectivity index (χ0n) is 15.2. The zero-order chi connectivity index (χ0) is 18.4. The van der Waals surface area contributed by atoms with E-state index in [1.807, 2.05) is 58.1 Å². The molecule has 0 spiro atoms. The summed E-state index contributed by atoms with van der Waals surface area (Å²) < 4.78 is 4.13. The first-order chi connectivity index (χ1) is 13.3. The molecule has 27 heavy (non-hydrogen) atoms. The number of aryl methyl sites for hydroxylation is 1. The summed E-state index contributed by atoms with van der Waals surface area (Å²) in [7, 11) is 0. The predicted molar refractivity (Wildman–Crippen MR) is 104 cm³/mol. The summed E-state index contributed by atoms with van der Waals surface area (Å²) in [6, 6.07) is 13.9. The van der Waals surface area contributed by atoms with Gasteiger partial charge in [0, 0.05) is 36.4 Å². The highest BCUT2D eigenvalue weighted by atomic mass is 16.2. The van der Waals surface area contributed by atoms with Crippen LogP contribution >= 0.6 is 0 Å². The molecule has 3 aromatic heterocycles. The lowest BCUT2D eigenvalue weighted by molar-refractivity contribution is 0.0731. The van der Waals surface area contributed by atoms with Gasteiger partial charge in [-0.25, -0.2) is 0 Å². The topological polar surface area (TPSA) is 55.4 Å². The van der Waals surface area contributed by atoms with Crippen molar-refractivity contribution in [3.05, 3.63) is 66.2 Å². The number of fused-ring (bicyclic) bond motifs is 2. The molecule has 1 aliphatic rings. The van der Waals surface area contributed by atoms with Crippen molar-refractivity contribution in [1.29, 1.82) is 0 Å². The number of hydrogen-bond acceptors (Lipinski definition) is 3. The second kappa shape index (κ2) is 6.23. The van der Waals surface area contributed by atoms with E-state index in [-0.39, 0.29) is 11.9 Å². The van der Waals surface area contributed by atoms with Crippen LogP contribution in [-0.2, 0) is 6.54 Å². The fourth-order valence-corrected chi connectivity index (χ4v) is 4.20. The highest BCUT2D eigenvalue weighted by Crippen LogP contribution is 2.34. The van der Waals surface area contributed by atoms with Gasteiger partial charge in [0.05, 0.1) is 11.6 Å². The number of para-hydroxylation sites is 1. The van der Waals surface area contributed by atoms with Gasteiger partial charge in [0.25, 0.3) is 5.91 Å². The minimum Gasteiger partial charge on any atom is -0.347 e. The summed E-state index contributed by atoms with van der Waals surface area (Å²) in [5, 5.41) is 9.68. The van der Waals surface area contributed by atoms with E-state index in [4.69, 9.17) is 0 Å². The van der Waals surface area contributed by atoms with Gasteiger partial charge in [0.2, 0.25) is 0 Å². The van der Waals surface area contributed by atoms with Gasteiger partial charge >= 0.3 is 0 Å². The molecular formula is C21H21N5O. The third-order valence-corrected chi connectivity index (χ3v) is 5.51. The highest BCUT2D eigenvalue weighted by molar-refractivity contribution is 6.07.